The summed E-state index contributed by atoms with van der Waals surface area (Å²) in [5.41, 5.74) is 1.79. The molecule has 0 unspecified atom stereocenters. The highest BCUT2D eigenvalue weighted by atomic mass is 32.2. The fourth-order valence-electron chi connectivity index (χ4n) is 1.59. The van der Waals surface area contributed by atoms with Crippen molar-refractivity contribution in [2.24, 2.45) is 0 Å². The summed E-state index contributed by atoms with van der Waals surface area (Å²) < 4.78 is 26.1. The largest absolute Gasteiger partial charge is 0.313 e. The molecule has 0 aliphatic rings. The van der Waals surface area contributed by atoms with Crippen LogP contribution < -0.4 is 10.0 Å². The maximum atomic E-state index is 11.8. The minimum absolute atomic E-state index is 0.0415. The van der Waals surface area contributed by atoms with Gasteiger partial charge in [0.05, 0.1) is 5.75 Å². The van der Waals surface area contributed by atoms with Gasteiger partial charge in [-0.25, -0.2) is 13.4 Å². The first-order chi connectivity index (χ1) is 8.28. The maximum Gasteiger partial charge on any atom is 0.235 e. The Hall–Kier alpha value is -1.14. The lowest BCUT2D eigenvalue weighted by atomic mass is 10.2. The van der Waals surface area contributed by atoms with Crippen LogP contribution in [0.1, 0.15) is 25.1 Å². The van der Waals surface area contributed by atoms with Gasteiger partial charge in [-0.2, -0.15) is 0 Å². The van der Waals surface area contributed by atoms with Gasteiger partial charge in [-0.05, 0) is 31.5 Å². The van der Waals surface area contributed by atoms with Gasteiger partial charge in [0.15, 0.2) is 0 Å². The van der Waals surface area contributed by atoms with Crippen LogP contribution in [0.5, 0.6) is 0 Å². The van der Waals surface area contributed by atoms with Crippen LogP contribution in [0.3, 0.4) is 0 Å². The number of nitrogens with one attached hydrogen (secondary N) is 2. The van der Waals surface area contributed by atoms with E-state index >= 15 is 0 Å². The van der Waals surface area contributed by atoms with Crippen molar-refractivity contribution in [3.8, 4) is 0 Å². The Kier molecular flexibility index (Phi) is 5.10. The topological polar surface area (TPSA) is 71.1 Å². The van der Waals surface area contributed by atoms with Gasteiger partial charge < -0.3 is 5.32 Å². The molecule has 1 aromatic heterocycles. The Bertz CT molecular complexity index is 478. The Labute approximate surface area is 109 Å². The number of nitrogens with zero attached hydrogens (tertiary/aromatic N) is 1. The molecule has 0 radical (unpaired) electrons. The molecule has 0 fully saturated rings. The van der Waals surface area contributed by atoms with Crippen molar-refractivity contribution in [3.05, 3.63) is 23.4 Å². The van der Waals surface area contributed by atoms with Crippen LogP contribution in [0.15, 0.2) is 12.1 Å². The summed E-state index contributed by atoms with van der Waals surface area (Å²) >= 11 is 0. The molecule has 102 valence electrons. The monoisotopic (exact) mass is 271 g/mol. The van der Waals surface area contributed by atoms with Crippen LogP contribution in [0.2, 0.25) is 0 Å². The van der Waals surface area contributed by atoms with Crippen molar-refractivity contribution in [2.45, 2.75) is 33.7 Å². The molecule has 0 spiro atoms. The number of aryl methyl sites for hydroxylation is 2. The molecule has 0 aliphatic heterocycles. The molecule has 1 aromatic rings. The number of anilines is 1. The predicted octanol–water partition coefficient (Wildman–Crippen LogP) is 1.44. The number of rotatable bonds is 6. The van der Waals surface area contributed by atoms with Gasteiger partial charge >= 0.3 is 0 Å². The summed E-state index contributed by atoms with van der Waals surface area (Å²) in [6, 6.07) is 3.90. The van der Waals surface area contributed by atoms with Crippen molar-refractivity contribution in [2.75, 3.05) is 17.0 Å². The molecule has 1 rings (SSSR count). The number of hydrogen-bond acceptors (Lipinski definition) is 4. The fourth-order valence-corrected chi connectivity index (χ4v) is 2.50. The summed E-state index contributed by atoms with van der Waals surface area (Å²) in [5, 5.41) is 3.07. The second kappa shape index (κ2) is 6.15. The van der Waals surface area contributed by atoms with Crippen molar-refractivity contribution >= 4 is 15.8 Å². The van der Waals surface area contributed by atoms with Crippen LogP contribution in [0.4, 0.5) is 5.82 Å². The zero-order valence-electron chi connectivity index (χ0n) is 11.3. The predicted molar refractivity (Wildman–Crippen MR) is 74.3 cm³/mol. The van der Waals surface area contributed by atoms with Gasteiger partial charge in [0.1, 0.15) is 5.82 Å². The normalized spacial score (nSPS) is 11.8. The number of pyridine rings is 1. The molecule has 0 amide bonds. The summed E-state index contributed by atoms with van der Waals surface area (Å²) in [4.78, 5) is 4.15. The minimum Gasteiger partial charge on any atom is -0.313 e. The van der Waals surface area contributed by atoms with Crippen LogP contribution in [0.25, 0.3) is 0 Å². The molecule has 1 heterocycles. The minimum atomic E-state index is -3.34. The Morgan fingerprint density at radius 3 is 2.50 bits per heavy atom. The van der Waals surface area contributed by atoms with E-state index in [4.69, 9.17) is 0 Å². The molecule has 18 heavy (non-hydrogen) atoms. The molecule has 0 aliphatic carbocycles. The van der Waals surface area contributed by atoms with Crippen LogP contribution in [-0.2, 0) is 10.0 Å². The van der Waals surface area contributed by atoms with Crippen molar-refractivity contribution < 1.29 is 8.42 Å². The van der Waals surface area contributed by atoms with E-state index in [9.17, 15) is 8.42 Å². The standard InChI is InChI=1S/C12H21N3O2S/c1-9(2)13-5-6-18(16,17)15-12-8-10(3)7-11(4)14-12/h7-9,13H,5-6H2,1-4H3,(H,14,15). The van der Waals surface area contributed by atoms with Crippen molar-refractivity contribution in [1.29, 1.82) is 0 Å². The van der Waals surface area contributed by atoms with Gasteiger partial charge in [-0.3, -0.25) is 4.72 Å². The first kappa shape index (κ1) is 14.9. The number of sulfonamides is 1. The highest BCUT2D eigenvalue weighted by Crippen LogP contribution is 2.10. The van der Waals surface area contributed by atoms with E-state index in [1.807, 2.05) is 33.8 Å². The third kappa shape index (κ3) is 5.46. The van der Waals surface area contributed by atoms with E-state index in [1.165, 1.54) is 0 Å². The Morgan fingerprint density at radius 2 is 1.94 bits per heavy atom. The molecule has 6 heteroatoms. The van der Waals surface area contributed by atoms with Crippen LogP contribution >= 0.6 is 0 Å². The van der Waals surface area contributed by atoms with E-state index in [0.717, 1.165) is 11.3 Å². The number of hydrogen-bond donors (Lipinski definition) is 2. The first-order valence-corrected chi connectivity index (χ1v) is 7.63. The van der Waals surface area contributed by atoms with Crippen molar-refractivity contribution in [1.82, 2.24) is 10.3 Å². The molecule has 5 nitrogen and oxygen atoms in total. The maximum absolute atomic E-state index is 11.8. The average Bonchev–Trinajstić information content (AvgIpc) is 2.12. The fraction of sp³-hybridized carbons (Fsp3) is 0.583. The second-order valence-corrected chi connectivity index (χ2v) is 6.54. The quantitative estimate of drug-likeness (QED) is 0.821. The molecular formula is C12H21N3O2S. The molecule has 0 saturated heterocycles. The van der Waals surface area contributed by atoms with E-state index < -0.39 is 10.0 Å². The molecule has 0 atom stereocenters. The molecular weight excluding hydrogens is 250 g/mol. The Balaban J connectivity index is 2.64. The molecule has 0 aromatic carbocycles. The lowest BCUT2D eigenvalue weighted by Gasteiger charge is -2.10. The van der Waals surface area contributed by atoms with Crippen LogP contribution in [0, 0.1) is 13.8 Å². The highest BCUT2D eigenvalue weighted by molar-refractivity contribution is 7.92. The van der Waals surface area contributed by atoms with E-state index in [-0.39, 0.29) is 11.8 Å². The Morgan fingerprint density at radius 1 is 1.28 bits per heavy atom. The lowest BCUT2D eigenvalue weighted by Crippen LogP contribution is -2.31. The zero-order chi connectivity index (χ0) is 13.8. The van der Waals surface area contributed by atoms with Crippen LogP contribution in [-0.4, -0.2) is 31.7 Å². The van der Waals surface area contributed by atoms with E-state index in [0.29, 0.717) is 12.4 Å². The van der Waals surface area contributed by atoms with E-state index in [1.54, 1.807) is 6.07 Å². The average molecular weight is 271 g/mol. The van der Waals surface area contributed by atoms with Gasteiger partial charge in [-0.1, -0.05) is 13.8 Å². The summed E-state index contributed by atoms with van der Waals surface area (Å²) in [6.07, 6.45) is 0. The van der Waals surface area contributed by atoms with Crippen molar-refractivity contribution in [3.63, 3.8) is 0 Å². The summed E-state index contributed by atoms with van der Waals surface area (Å²) in [6.45, 7) is 8.13. The van der Waals surface area contributed by atoms with E-state index in [2.05, 4.69) is 15.0 Å². The lowest BCUT2D eigenvalue weighted by molar-refractivity contribution is 0.582. The summed E-state index contributed by atoms with van der Waals surface area (Å²) in [7, 11) is -3.34. The summed E-state index contributed by atoms with van der Waals surface area (Å²) in [5.74, 6) is 0.428. The molecule has 0 bridgehead atoms. The first-order valence-electron chi connectivity index (χ1n) is 5.97. The van der Waals surface area contributed by atoms with Gasteiger partial charge in [0, 0.05) is 18.3 Å². The SMILES string of the molecule is Cc1cc(C)nc(NS(=O)(=O)CCNC(C)C)c1. The van der Waals surface area contributed by atoms with Gasteiger partial charge in [0.25, 0.3) is 0 Å². The van der Waals surface area contributed by atoms with Gasteiger partial charge in [0.2, 0.25) is 10.0 Å². The van der Waals surface area contributed by atoms with Gasteiger partial charge in [-0.15, -0.1) is 0 Å². The highest BCUT2D eigenvalue weighted by Gasteiger charge is 2.11. The number of aromatic nitrogens is 1. The molecule has 0 saturated carbocycles. The third-order valence-corrected chi connectivity index (χ3v) is 3.54. The smallest absolute Gasteiger partial charge is 0.235 e. The molecule has 2 N–H and O–H groups in total. The second-order valence-electron chi connectivity index (χ2n) is 4.70. The third-order valence-electron chi connectivity index (χ3n) is 2.28. The zero-order valence-corrected chi connectivity index (χ0v) is 12.1.